The van der Waals surface area contributed by atoms with E-state index in [4.69, 9.17) is 0 Å². The molecule has 3 heteroatoms. The van der Waals surface area contributed by atoms with Gasteiger partial charge in [-0.05, 0) is 19.3 Å². The van der Waals surface area contributed by atoms with Crippen molar-refractivity contribution < 1.29 is 0 Å². The summed E-state index contributed by atoms with van der Waals surface area (Å²) in [4.78, 5) is 9.03. The molecule has 0 aromatic carbocycles. The highest BCUT2D eigenvalue weighted by Crippen LogP contribution is 2.21. The largest absolute Gasteiger partial charge is 0.373 e. The Morgan fingerprint density at radius 2 is 1.73 bits per heavy atom. The Morgan fingerprint density at radius 1 is 1.13 bits per heavy atom. The van der Waals surface area contributed by atoms with E-state index in [0.717, 1.165) is 29.3 Å². The summed E-state index contributed by atoms with van der Waals surface area (Å²) in [5.74, 6) is 1.87. The molecular formula is C12H21N3. The zero-order chi connectivity index (χ0) is 11.6. The second-order valence-electron chi connectivity index (χ2n) is 5.19. The minimum atomic E-state index is 0.229. The summed E-state index contributed by atoms with van der Waals surface area (Å²) in [6.07, 6.45) is 0.906. The Hall–Kier alpha value is -1.12. The summed E-state index contributed by atoms with van der Waals surface area (Å²) in [5.41, 5.74) is 2.43. The standard InChI is InChI=1S/C12H21N3/c1-8-9(2)14-10(7-12(3,4)5)15-11(8)13-6/h7H2,1-6H3,(H,13,14,15). The van der Waals surface area contributed by atoms with Gasteiger partial charge < -0.3 is 5.32 Å². The second-order valence-corrected chi connectivity index (χ2v) is 5.19. The van der Waals surface area contributed by atoms with Crippen LogP contribution >= 0.6 is 0 Å². The lowest BCUT2D eigenvalue weighted by atomic mass is 9.92. The predicted molar refractivity (Wildman–Crippen MR) is 64.2 cm³/mol. The highest BCUT2D eigenvalue weighted by atomic mass is 15.0. The highest BCUT2D eigenvalue weighted by molar-refractivity contribution is 5.44. The summed E-state index contributed by atoms with van der Waals surface area (Å²) in [7, 11) is 1.90. The minimum absolute atomic E-state index is 0.229. The van der Waals surface area contributed by atoms with Gasteiger partial charge in [-0.15, -0.1) is 0 Å². The molecule has 1 aromatic rings. The zero-order valence-electron chi connectivity index (χ0n) is 10.6. The number of hydrogen-bond acceptors (Lipinski definition) is 3. The first-order valence-corrected chi connectivity index (χ1v) is 5.35. The van der Waals surface area contributed by atoms with E-state index in [1.165, 1.54) is 0 Å². The van der Waals surface area contributed by atoms with Gasteiger partial charge >= 0.3 is 0 Å². The molecule has 0 saturated carbocycles. The lowest BCUT2D eigenvalue weighted by Crippen LogP contribution is -2.14. The van der Waals surface area contributed by atoms with Crippen molar-refractivity contribution in [3.8, 4) is 0 Å². The van der Waals surface area contributed by atoms with E-state index < -0.39 is 0 Å². The molecule has 1 N–H and O–H groups in total. The molecule has 1 aromatic heterocycles. The molecule has 0 bridgehead atoms. The fourth-order valence-corrected chi connectivity index (χ4v) is 1.48. The average molecular weight is 207 g/mol. The molecule has 0 aliphatic carbocycles. The Labute approximate surface area is 92.3 Å². The topological polar surface area (TPSA) is 37.8 Å². The van der Waals surface area contributed by atoms with Crippen molar-refractivity contribution in [2.24, 2.45) is 5.41 Å². The first kappa shape index (κ1) is 12.0. The van der Waals surface area contributed by atoms with Gasteiger partial charge in [-0.3, -0.25) is 0 Å². The number of nitrogens with zero attached hydrogens (tertiary/aromatic N) is 2. The summed E-state index contributed by atoms with van der Waals surface area (Å²) >= 11 is 0. The van der Waals surface area contributed by atoms with Gasteiger partial charge in [-0.25, -0.2) is 9.97 Å². The summed E-state index contributed by atoms with van der Waals surface area (Å²) in [6, 6.07) is 0. The van der Waals surface area contributed by atoms with Crippen molar-refractivity contribution >= 4 is 5.82 Å². The van der Waals surface area contributed by atoms with E-state index in [1.54, 1.807) is 0 Å². The van der Waals surface area contributed by atoms with Crippen LogP contribution in [0.2, 0.25) is 0 Å². The van der Waals surface area contributed by atoms with Crippen LogP contribution in [0.1, 0.15) is 37.9 Å². The van der Waals surface area contributed by atoms with Crippen molar-refractivity contribution in [2.45, 2.75) is 41.0 Å². The van der Waals surface area contributed by atoms with Gasteiger partial charge in [0.25, 0.3) is 0 Å². The van der Waals surface area contributed by atoms with E-state index in [1.807, 2.05) is 20.9 Å². The Bertz CT molecular complexity index is 351. The van der Waals surface area contributed by atoms with Crippen molar-refractivity contribution in [1.29, 1.82) is 0 Å². The van der Waals surface area contributed by atoms with Crippen LogP contribution in [0, 0.1) is 19.3 Å². The average Bonchev–Trinajstić information content (AvgIpc) is 2.08. The summed E-state index contributed by atoms with van der Waals surface area (Å²) in [6.45, 7) is 10.7. The Morgan fingerprint density at radius 3 is 2.20 bits per heavy atom. The first-order valence-electron chi connectivity index (χ1n) is 5.35. The van der Waals surface area contributed by atoms with Crippen LogP contribution in [-0.4, -0.2) is 17.0 Å². The molecule has 0 radical (unpaired) electrons. The molecule has 0 atom stereocenters. The van der Waals surface area contributed by atoms with Crippen LogP contribution in [0.15, 0.2) is 0 Å². The highest BCUT2D eigenvalue weighted by Gasteiger charge is 2.15. The maximum Gasteiger partial charge on any atom is 0.132 e. The monoisotopic (exact) mass is 207 g/mol. The zero-order valence-corrected chi connectivity index (χ0v) is 10.6. The molecule has 0 spiro atoms. The van der Waals surface area contributed by atoms with Gasteiger partial charge in [0.15, 0.2) is 0 Å². The van der Waals surface area contributed by atoms with Gasteiger partial charge in [-0.1, -0.05) is 20.8 Å². The quantitative estimate of drug-likeness (QED) is 0.810. The molecule has 3 nitrogen and oxygen atoms in total. The number of aryl methyl sites for hydroxylation is 1. The molecule has 15 heavy (non-hydrogen) atoms. The third-order valence-electron chi connectivity index (χ3n) is 2.36. The van der Waals surface area contributed by atoms with Crippen LogP contribution in [-0.2, 0) is 6.42 Å². The second kappa shape index (κ2) is 4.17. The molecule has 84 valence electrons. The molecule has 0 aliphatic heterocycles. The molecule has 1 rings (SSSR count). The fourth-order valence-electron chi connectivity index (χ4n) is 1.48. The lowest BCUT2D eigenvalue weighted by molar-refractivity contribution is 0.400. The number of anilines is 1. The molecule has 0 saturated heterocycles. The Kier molecular flexibility index (Phi) is 3.32. The van der Waals surface area contributed by atoms with E-state index in [-0.39, 0.29) is 5.41 Å². The maximum atomic E-state index is 4.52. The normalized spacial score (nSPS) is 11.6. The fraction of sp³-hybridized carbons (Fsp3) is 0.667. The van der Waals surface area contributed by atoms with Crippen molar-refractivity contribution in [2.75, 3.05) is 12.4 Å². The third kappa shape index (κ3) is 3.18. The van der Waals surface area contributed by atoms with E-state index >= 15 is 0 Å². The van der Waals surface area contributed by atoms with Crippen molar-refractivity contribution in [3.05, 3.63) is 17.1 Å². The van der Waals surface area contributed by atoms with Gasteiger partial charge in [0.1, 0.15) is 11.6 Å². The van der Waals surface area contributed by atoms with Crippen LogP contribution in [0.25, 0.3) is 0 Å². The number of rotatable bonds is 2. The summed E-state index contributed by atoms with van der Waals surface area (Å²) < 4.78 is 0. The Balaban J connectivity index is 3.06. The molecule has 0 unspecified atom stereocenters. The maximum absolute atomic E-state index is 4.52. The van der Waals surface area contributed by atoms with E-state index in [2.05, 4.69) is 36.1 Å². The molecule has 0 amide bonds. The van der Waals surface area contributed by atoms with Crippen LogP contribution in [0.3, 0.4) is 0 Å². The van der Waals surface area contributed by atoms with Gasteiger partial charge in [0.2, 0.25) is 0 Å². The van der Waals surface area contributed by atoms with Gasteiger partial charge in [0, 0.05) is 24.7 Å². The number of hydrogen-bond donors (Lipinski definition) is 1. The molecule has 0 aliphatic rings. The van der Waals surface area contributed by atoms with Crippen molar-refractivity contribution in [3.63, 3.8) is 0 Å². The predicted octanol–water partition coefficient (Wildman–Crippen LogP) is 2.72. The van der Waals surface area contributed by atoms with Crippen LogP contribution in [0.5, 0.6) is 0 Å². The minimum Gasteiger partial charge on any atom is -0.373 e. The van der Waals surface area contributed by atoms with Crippen molar-refractivity contribution in [1.82, 2.24) is 9.97 Å². The van der Waals surface area contributed by atoms with E-state index in [9.17, 15) is 0 Å². The summed E-state index contributed by atoms with van der Waals surface area (Å²) in [5, 5.41) is 3.11. The third-order valence-corrected chi connectivity index (χ3v) is 2.36. The van der Waals surface area contributed by atoms with Crippen LogP contribution in [0.4, 0.5) is 5.82 Å². The number of aromatic nitrogens is 2. The smallest absolute Gasteiger partial charge is 0.132 e. The lowest BCUT2D eigenvalue weighted by Gasteiger charge is -2.18. The SMILES string of the molecule is CNc1nc(CC(C)(C)C)nc(C)c1C. The number of nitrogens with one attached hydrogen (secondary N) is 1. The molecule has 0 fully saturated rings. The molecule has 1 heterocycles. The van der Waals surface area contributed by atoms with Gasteiger partial charge in [-0.2, -0.15) is 0 Å². The van der Waals surface area contributed by atoms with E-state index in [0.29, 0.717) is 0 Å². The molecular weight excluding hydrogens is 186 g/mol. The first-order chi connectivity index (χ1) is 6.83. The van der Waals surface area contributed by atoms with Crippen LogP contribution < -0.4 is 5.32 Å². The van der Waals surface area contributed by atoms with Gasteiger partial charge in [0.05, 0.1) is 0 Å².